The molecule has 0 heterocycles. The van der Waals surface area contributed by atoms with Gasteiger partial charge in [0, 0.05) is 22.0 Å². The predicted octanol–water partition coefficient (Wildman–Crippen LogP) is 4.68. The van der Waals surface area contributed by atoms with Crippen molar-refractivity contribution in [3.63, 3.8) is 0 Å². The lowest BCUT2D eigenvalue weighted by Crippen LogP contribution is -2.45. The number of para-hydroxylation sites is 1. The van der Waals surface area contributed by atoms with Gasteiger partial charge in [-0.05, 0) is 42.7 Å². The molecule has 1 saturated carbocycles. The summed E-state index contributed by atoms with van der Waals surface area (Å²) >= 11 is 12.2. The van der Waals surface area contributed by atoms with Crippen molar-refractivity contribution in [1.29, 1.82) is 0 Å². The molecular formula is C18H17Cl2NO2. The maximum absolute atomic E-state index is 12.5. The molecule has 1 N–H and O–H groups in total. The van der Waals surface area contributed by atoms with Gasteiger partial charge in [-0.25, -0.2) is 0 Å². The third kappa shape index (κ3) is 3.31. The first-order valence-electron chi connectivity index (χ1n) is 7.49. The third-order valence-corrected chi connectivity index (χ3v) is 4.87. The van der Waals surface area contributed by atoms with Crippen LogP contribution in [0.4, 0.5) is 0 Å². The van der Waals surface area contributed by atoms with Gasteiger partial charge in [-0.1, -0.05) is 41.4 Å². The van der Waals surface area contributed by atoms with Crippen molar-refractivity contribution >= 4 is 29.1 Å². The first-order valence-corrected chi connectivity index (χ1v) is 8.24. The van der Waals surface area contributed by atoms with E-state index in [0.717, 1.165) is 18.4 Å². The molecule has 2 aromatic rings. The zero-order chi connectivity index (χ0) is 16.4. The molecule has 0 aromatic heterocycles. The normalized spacial score (nSPS) is 19.8. The number of hydrogen-bond donors (Lipinski definition) is 1. The standard InChI is InChI=1S/C18H17Cl2NO2/c1-23-17-5-3-2-4-14(17)18(22)21-16-9-8-13(16)12-7-6-11(19)10-15(12)20/h2-7,10,13,16H,8-9H2,1H3,(H,21,22)/t13-,16-/m0/s1. The minimum absolute atomic E-state index is 0.0751. The van der Waals surface area contributed by atoms with Gasteiger partial charge in [0.15, 0.2) is 0 Å². The fourth-order valence-corrected chi connectivity index (χ4v) is 3.47. The molecule has 0 unspecified atom stereocenters. The van der Waals surface area contributed by atoms with Gasteiger partial charge in [0.05, 0.1) is 12.7 Å². The number of nitrogens with one attached hydrogen (secondary N) is 1. The lowest BCUT2D eigenvalue weighted by atomic mass is 9.75. The highest BCUT2D eigenvalue weighted by atomic mass is 35.5. The Morgan fingerprint density at radius 3 is 2.61 bits per heavy atom. The summed E-state index contributed by atoms with van der Waals surface area (Å²) in [6, 6.07) is 12.8. The second-order valence-electron chi connectivity index (χ2n) is 5.63. The number of rotatable bonds is 4. The van der Waals surface area contributed by atoms with Gasteiger partial charge in [-0.2, -0.15) is 0 Å². The van der Waals surface area contributed by atoms with Crippen LogP contribution in [-0.2, 0) is 0 Å². The van der Waals surface area contributed by atoms with E-state index in [4.69, 9.17) is 27.9 Å². The number of benzene rings is 2. The summed E-state index contributed by atoms with van der Waals surface area (Å²) in [4.78, 5) is 12.5. The zero-order valence-electron chi connectivity index (χ0n) is 12.7. The lowest BCUT2D eigenvalue weighted by molar-refractivity contribution is 0.0901. The van der Waals surface area contributed by atoms with E-state index in [1.54, 1.807) is 25.3 Å². The molecule has 0 saturated heterocycles. The van der Waals surface area contributed by atoms with E-state index in [9.17, 15) is 4.79 Å². The summed E-state index contributed by atoms with van der Waals surface area (Å²) in [7, 11) is 1.56. The van der Waals surface area contributed by atoms with Gasteiger partial charge in [-0.15, -0.1) is 0 Å². The predicted molar refractivity (Wildman–Crippen MR) is 92.7 cm³/mol. The number of ether oxygens (including phenoxy) is 1. The molecular weight excluding hydrogens is 333 g/mol. The molecule has 120 valence electrons. The fourth-order valence-electron chi connectivity index (χ4n) is 2.93. The van der Waals surface area contributed by atoms with Gasteiger partial charge in [0.2, 0.25) is 0 Å². The highest BCUT2D eigenvalue weighted by molar-refractivity contribution is 6.35. The second kappa shape index (κ2) is 6.81. The van der Waals surface area contributed by atoms with Crippen molar-refractivity contribution in [2.75, 3.05) is 7.11 Å². The molecule has 1 aliphatic carbocycles. The molecule has 3 nitrogen and oxygen atoms in total. The second-order valence-corrected chi connectivity index (χ2v) is 6.47. The number of carbonyl (C=O) groups excluding carboxylic acids is 1. The topological polar surface area (TPSA) is 38.3 Å². The van der Waals surface area contributed by atoms with E-state index in [1.807, 2.05) is 24.3 Å². The van der Waals surface area contributed by atoms with Crippen LogP contribution in [0.3, 0.4) is 0 Å². The van der Waals surface area contributed by atoms with Crippen LogP contribution in [0.5, 0.6) is 5.75 Å². The minimum atomic E-state index is -0.123. The Morgan fingerprint density at radius 2 is 1.96 bits per heavy atom. The van der Waals surface area contributed by atoms with Gasteiger partial charge >= 0.3 is 0 Å². The first-order chi connectivity index (χ1) is 11.1. The van der Waals surface area contributed by atoms with Crippen LogP contribution < -0.4 is 10.1 Å². The van der Waals surface area contributed by atoms with Crippen LogP contribution in [0.2, 0.25) is 10.0 Å². The van der Waals surface area contributed by atoms with E-state index in [0.29, 0.717) is 21.4 Å². The molecule has 0 radical (unpaired) electrons. The largest absolute Gasteiger partial charge is 0.496 e. The quantitative estimate of drug-likeness (QED) is 0.870. The summed E-state index contributed by atoms with van der Waals surface area (Å²) in [5, 5.41) is 4.36. The van der Waals surface area contributed by atoms with E-state index in [-0.39, 0.29) is 17.9 Å². The van der Waals surface area contributed by atoms with Crippen LogP contribution >= 0.6 is 23.2 Å². The maximum atomic E-state index is 12.5. The van der Waals surface area contributed by atoms with Gasteiger partial charge in [0.1, 0.15) is 5.75 Å². The monoisotopic (exact) mass is 349 g/mol. The summed E-state index contributed by atoms with van der Waals surface area (Å²) in [5.74, 6) is 0.672. The Balaban J connectivity index is 1.74. The van der Waals surface area contributed by atoms with Crippen molar-refractivity contribution in [2.45, 2.75) is 24.8 Å². The Kier molecular flexibility index (Phi) is 4.79. The Bertz CT molecular complexity index is 733. The smallest absolute Gasteiger partial charge is 0.255 e. The molecule has 0 spiro atoms. The number of amides is 1. The van der Waals surface area contributed by atoms with Gasteiger partial charge in [-0.3, -0.25) is 4.79 Å². The van der Waals surface area contributed by atoms with Crippen molar-refractivity contribution in [3.8, 4) is 5.75 Å². The molecule has 0 bridgehead atoms. The molecule has 5 heteroatoms. The highest BCUT2D eigenvalue weighted by Crippen LogP contribution is 2.41. The van der Waals surface area contributed by atoms with Crippen LogP contribution in [0.1, 0.15) is 34.7 Å². The summed E-state index contributed by atoms with van der Waals surface area (Å²) in [5.41, 5.74) is 1.58. The number of hydrogen-bond acceptors (Lipinski definition) is 2. The average Bonchev–Trinajstić information content (AvgIpc) is 2.53. The van der Waals surface area contributed by atoms with Crippen molar-refractivity contribution in [1.82, 2.24) is 5.32 Å². The van der Waals surface area contributed by atoms with E-state index < -0.39 is 0 Å². The zero-order valence-corrected chi connectivity index (χ0v) is 14.2. The number of halogens is 2. The van der Waals surface area contributed by atoms with Crippen LogP contribution in [-0.4, -0.2) is 19.1 Å². The van der Waals surface area contributed by atoms with Crippen molar-refractivity contribution in [3.05, 3.63) is 63.6 Å². The maximum Gasteiger partial charge on any atom is 0.255 e. The van der Waals surface area contributed by atoms with Crippen LogP contribution in [0, 0.1) is 0 Å². The number of carbonyl (C=O) groups is 1. The average molecular weight is 350 g/mol. The van der Waals surface area contributed by atoms with Crippen molar-refractivity contribution in [2.24, 2.45) is 0 Å². The Labute approximate surface area is 145 Å². The van der Waals surface area contributed by atoms with E-state index >= 15 is 0 Å². The van der Waals surface area contributed by atoms with Gasteiger partial charge in [0.25, 0.3) is 5.91 Å². The molecule has 1 fully saturated rings. The Hall–Kier alpha value is -1.71. The molecule has 3 rings (SSSR count). The highest BCUT2D eigenvalue weighted by Gasteiger charge is 2.35. The third-order valence-electron chi connectivity index (χ3n) is 4.30. The number of methoxy groups -OCH3 is 1. The van der Waals surface area contributed by atoms with Crippen molar-refractivity contribution < 1.29 is 9.53 Å². The molecule has 2 aromatic carbocycles. The summed E-state index contributed by atoms with van der Waals surface area (Å²) in [6.07, 6.45) is 1.93. The summed E-state index contributed by atoms with van der Waals surface area (Å²) < 4.78 is 5.25. The van der Waals surface area contributed by atoms with Crippen LogP contribution in [0.15, 0.2) is 42.5 Å². The summed E-state index contributed by atoms with van der Waals surface area (Å²) in [6.45, 7) is 0. The van der Waals surface area contributed by atoms with E-state index in [1.165, 1.54) is 0 Å². The SMILES string of the molecule is COc1ccccc1C(=O)N[C@H]1CC[C@H]1c1ccc(Cl)cc1Cl. The molecule has 23 heavy (non-hydrogen) atoms. The molecule has 1 aliphatic rings. The van der Waals surface area contributed by atoms with E-state index in [2.05, 4.69) is 5.32 Å². The van der Waals surface area contributed by atoms with Crippen LogP contribution in [0.25, 0.3) is 0 Å². The first kappa shape index (κ1) is 16.2. The molecule has 1 amide bonds. The lowest BCUT2D eigenvalue weighted by Gasteiger charge is -2.38. The fraction of sp³-hybridized carbons (Fsp3) is 0.278. The molecule has 2 atom stereocenters. The molecule has 0 aliphatic heterocycles. The Morgan fingerprint density at radius 1 is 1.17 bits per heavy atom. The minimum Gasteiger partial charge on any atom is -0.496 e. The van der Waals surface area contributed by atoms with Gasteiger partial charge < -0.3 is 10.1 Å².